The molecule has 0 saturated carbocycles. The Morgan fingerprint density at radius 1 is 1.18 bits per heavy atom. The number of carbonyl (C=O) groups excluding carboxylic acids is 1. The van der Waals surface area contributed by atoms with E-state index >= 15 is 0 Å². The molecule has 22 heavy (non-hydrogen) atoms. The normalized spacial score (nSPS) is 10.6. The van der Waals surface area contributed by atoms with Gasteiger partial charge in [-0.15, -0.1) is 0 Å². The highest BCUT2D eigenvalue weighted by atomic mass is 16.1. The smallest absolute Gasteiger partial charge is 0.224 e. The Morgan fingerprint density at radius 2 is 1.95 bits per heavy atom. The molecule has 1 heterocycles. The minimum Gasteiger partial charge on any atom is -0.340 e. The molecule has 0 fully saturated rings. The first-order valence-electron chi connectivity index (χ1n) is 7.54. The number of amides is 1. The topological polar surface area (TPSA) is 54.0 Å². The summed E-state index contributed by atoms with van der Waals surface area (Å²) in [6.45, 7) is 8.18. The molecule has 0 bridgehead atoms. The minimum atomic E-state index is 0.0203. The van der Waals surface area contributed by atoms with Crippen molar-refractivity contribution in [2.75, 3.05) is 10.6 Å². The van der Waals surface area contributed by atoms with Crippen molar-refractivity contribution in [3.8, 4) is 0 Å². The zero-order valence-corrected chi connectivity index (χ0v) is 13.6. The lowest BCUT2D eigenvalue weighted by molar-refractivity contribution is -0.116. The lowest BCUT2D eigenvalue weighted by atomic mass is 10.1. The molecule has 2 rings (SSSR count). The van der Waals surface area contributed by atoms with Crippen LogP contribution in [0.3, 0.4) is 0 Å². The Balaban J connectivity index is 2.01. The number of hydrogen-bond donors (Lipinski definition) is 2. The van der Waals surface area contributed by atoms with Crippen molar-refractivity contribution >= 4 is 23.1 Å². The third-order valence-corrected chi connectivity index (χ3v) is 3.29. The zero-order valence-electron chi connectivity index (χ0n) is 13.6. The molecule has 0 radical (unpaired) electrons. The molecule has 0 aliphatic rings. The molecule has 0 spiro atoms. The summed E-state index contributed by atoms with van der Waals surface area (Å²) in [6.07, 6.45) is 2.19. The molecule has 0 unspecified atom stereocenters. The summed E-state index contributed by atoms with van der Waals surface area (Å²) in [5, 5.41) is 6.14. The van der Waals surface area contributed by atoms with Crippen molar-refractivity contribution in [1.82, 2.24) is 4.98 Å². The summed E-state index contributed by atoms with van der Waals surface area (Å²) in [7, 11) is 0. The Morgan fingerprint density at radius 3 is 2.55 bits per heavy atom. The van der Waals surface area contributed by atoms with Gasteiger partial charge in [0.25, 0.3) is 0 Å². The van der Waals surface area contributed by atoms with Crippen LogP contribution >= 0.6 is 0 Å². The molecule has 4 nitrogen and oxygen atoms in total. The van der Waals surface area contributed by atoms with E-state index in [9.17, 15) is 4.79 Å². The van der Waals surface area contributed by atoms with Gasteiger partial charge in [-0.25, -0.2) is 4.98 Å². The van der Waals surface area contributed by atoms with Crippen LogP contribution in [0.4, 0.5) is 17.2 Å². The molecule has 2 N–H and O–H groups in total. The largest absolute Gasteiger partial charge is 0.340 e. The molecule has 4 heteroatoms. The highest BCUT2D eigenvalue weighted by Gasteiger charge is 2.06. The third-order valence-electron chi connectivity index (χ3n) is 3.29. The monoisotopic (exact) mass is 297 g/mol. The Bertz CT molecular complexity index is 648. The predicted octanol–water partition coefficient (Wildman–Crippen LogP) is 4.43. The van der Waals surface area contributed by atoms with E-state index < -0.39 is 0 Å². The van der Waals surface area contributed by atoms with Gasteiger partial charge in [0.1, 0.15) is 5.82 Å². The number of hydrogen-bond acceptors (Lipinski definition) is 3. The van der Waals surface area contributed by atoms with Crippen LogP contribution in [0.25, 0.3) is 0 Å². The second-order valence-corrected chi connectivity index (χ2v) is 6.02. The molecule has 1 aromatic carbocycles. The number of aromatic nitrogens is 1. The third kappa shape index (κ3) is 4.58. The van der Waals surface area contributed by atoms with Crippen molar-refractivity contribution in [3.63, 3.8) is 0 Å². The number of aryl methyl sites for hydroxylation is 2. The first-order valence-corrected chi connectivity index (χ1v) is 7.54. The van der Waals surface area contributed by atoms with Crippen molar-refractivity contribution in [2.24, 2.45) is 5.92 Å². The minimum absolute atomic E-state index is 0.0203. The fourth-order valence-electron chi connectivity index (χ4n) is 2.22. The van der Waals surface area contributed by atoms with Gasteiger partial charge in [0, 0.05) is 12.1 Å². The van der Waals surface area contributed by atoms with Crippen LogP contribution in [0.2, 0.25) is 0 Å². The van der Waals surface area contributed by atoms with Gasteiger partial charge < -0.3 is 10.6 Å². The number of rotatable bonds is 5. The number of anilines is 3. The molecule has 1 amide bonds. The van der Waals surface area contributed by atoms with Crippen molar-refractivity contribution in [3.05, 3.63) is 47.7 Å². The summed E-state index contributed by atoms with van der Waals surface area (Å²) >= 11 is 0. The molecular weight excluding hydrogens is 274 g/mol. The van der Waals surface area contributed by atoms with Gasteiger partial charge in [0.2, 0.25) is 5.91 Å². The number of benzene rings is 1. The highest BCUT2D eigenvalue weighted by molar-refractivity contribution is 5.90. The van der Waals surface area contributed by atoms with Crippen LogP contribution in [0, 0.1) is 19.8 Å². The van der Waals surface area contributed by atoms with E-state index in [1.54, 1.807) is 6.20 Å². The maximum atomic E-state index is 11.7. The maximum Gasteiger partial charge on any atom is 0.224 e. The maximum absolute atomic E-state index is 11.7. The van der Waals surface area contributed by atoms with E-state index in [-0.39, 0.29) is 5.91 Å². The van der Waals surface area contributed by atoms with Gasteiger partial charge in [-0.1, -0.05) is 31.5 Å². The van der Waals surface area contributed by atoms with Crippen LogP contribution in [-0.4, -0.2) is 10.9 Å². The van der Waals surface area contributed by atoms with E-state index in [0.717, 1.165) is 17.2 Å². The average molecular weight is 297 g/mol. The average Bonchev–Trinajstić information content (AvgIpc) is 2.43. The highest BCUT2D eigenvalue weighted by Crippen LogP contribution is 2.21. The Kier molecular flexibility index (Phi) is 5.15. The van der Waals surface area contributed by atoms with Gasteiger partial charge >= 0.3 is 0 Å². The lowest BCUT2D eigenvalue weighted by Gasteiger charge is -2.11. The van der Waals surface area contributed by atoms with Crippen LogP contribution < -0.4 is 10.6 Å². The lowest BCUT2D eigenvalue weighted by Crippen LogP contribution is -2.13. The van der Waals surface area contributed by atoms with Crippen LogP contribution in [0.15, 0.2) is 36.5 Å². The zero-order chi connectivity index (χ0) is 16.1. The first-order chi connectivity index (χ1) is 10.4. The first kappa shape index (κ1) is 16.0. The number of nitrogens with zero attached hydrogens (tertiary/aromatic N) is 1. The molecule has 1 aromatic heterocycles. The van der Waals surface area contributed by atoms with E-state index in [2.05, 4.69) is 41.6 Å². The van der Waals surface area contributed by atoms with Crippen LogP contribution in [0.1, 0.15) is 31.4 Å². The summed E-state index contributed by atoms with van der Waals surface area (Å²) in [5.41, 5.74) is 4.17. The quantitative estimate of drug-likeness (QED) is 0.858. The second kappa shape index (κ2) is 7.07. The van der Waals surface area contributed by atoms with Gasteiger partial charge in [-0.3, -0.25) is 4.79 Å². The summed E-state index contributed by atoms with van der Waals surface area (Å²) in [6, 6.07) is 9.96. The van der Waals surface area contributed by atoms with Crippen molar-refractivity contribution in [2.45, 2.75) is 34.1 Å². The SMILES string of the molecule is Cc1ccc(Nc2ccc(NC(=O)CC(C)C)cn2)c(C)c1. The van der Waals surface area contributed by atoms with E-state index in [4.69, 9.17) is 0 Å². The fraction of sp³-hybridized carbons (Fsp3) is 0.333. The molecule has 116 valence electrons. The Labute approximate surface area is 132 Å². The summed E-state index contributed by atoms with van der Waals surface area (Å²) in [5.74, 6) is 1.12. The standard InChI is InChI=1S/C18H23N3O/c1-12(2)9-18(22)20-15-6-8-17(19-11-15)21-16-7-5-13(3)10-14(16)4/h5-8,10-12H,9H2,1-4H3,(H,19,21)(H,20,22). The second-order valence-electron chi connectivity index (χ2n) is 6.02. The molecule has 0 aliphatic carbocycles. The molecule has 2 aromatic rings. The van der Waals surface area contributed by atoms with Gasteiger partial charge in [0.15, 0.2) is 0 Å². The van der Waals surface area contributed by atoms with Gasteiger partial charge in [-0.05, 0) is 43.5 Å². The fourth-order valence-corrected chi connectivity index (χ4v) is 2.22. The summed E-state index contributed by atoms with van der Waals surface area (Å²) in [4.78, 5) is 16.1. The number of nitrogens with one attached hydrogen (secondary N) is 2. The molecule has 0 atom stereocenters. The number of pyridine rings is 1. The Hall–Kier alpha value is -2.36. The van der Waals surface area contributed by atoms with Gasteiger partial charge in [0.05, 0.1) is 11.9 Å². The molecule has 0 saturated heterocycles. The predicted molar refractivity (Wildman–Crippen MR) is 91.5 cm³/mol. The van der Waals surface area contributed by atoms with Crippen molar-refractivity contribution in [1.29, 1.82) is 0 Å². The number of carbonyl (C=O) groups is 1. The molecule has 0 aliphatic heterocycles. The van der Waals surface area contributed by atoms with E-state index in [0.29, 0.717) is 12.3 Å². The van der Waals surface area contributed by atoms with Gasteiger partial charge in [-0.2, -0.15) is 0 Å². The molecular formula is C18H23N3O. The van der Waals surface area contributed by atoms with Crippen LogP contribution in [0.5, 0.6) is 0 Å². The van der Waals surface area contributed by atoms with Crippen molar-refractivity contribution < 1.29 is 4.79 Å². The van der Waals surface area contributed by atoms with E-state index in [1.807, 2.05) is 32.0 Å². The van der Waals surface area contributed by atoms with Crippen LogP contribution in [-0.2, 0) is 4.79 Å². The summed E-state index contributed by atoms with van der Waals surface area (Å²) < 4.78 is 0. The van der Waals surface area contributed by atoms with E-state index in [1.165, 1.54) is 11.1 Å².